The SMILES string of the molecule is CCOC(=O)C1CCCCN1C1CC(CC)CCC1CN. The molecule has 2 fully saturated rings. The molecule has 0 aromatic rings. The number of carbonyl (C=O) groups excluding carboxylic acids is 1. The lowest BCUT2D eigenvalue weighted by atomic mass is 9.75. The molecule has 1 aliphatic heterocycles. The highest BCUT2D eigenvalue weighted by atomic mass is 16.5. The number of piperidine rings is 1. The molecule has 4 nitrogen and oxygen atoms in total. The van der Waals surface area contributed by atoms with Crippen LogP contribution in [0.4, 0.5) is 0 Å². The molecule has 0 aromatic heterocycles. The first kappa shape index (κ1) is 16.8. The summed E-state index contributed by atoms with van der Waals surface area (Å²) in [6.45, 7) is 6.42. The van der Waals surface area contributed by atoms with E-state index in [4.69, 9.17) is 10.5 Å². The van der Waals surface area contributed by atoms with Gasteiger partial charge in [0.1, 0.15) is 6.04 Å². The van der Waals surface area contributed by atoms with Crippen LogP contribution in [0.3, 0.4) is 0 Å². The quantitative estimate of drug-likeness (QED) is 0.792. The van der Waals surface area contributed by atoms with Crippen molar-refractivity contribution in [3.05, 3.63) is 0 Å². The summed E-state index contributed by atoms with van der Waals surface area (Å²) in [6, 6.07) is 0.441. The van der Waals surface area contributed by atoms with E-state index in [0.29, 0.717) is 18.6 Å². The fourth-order valence-corrected chi connectivity index (χ4v) is 4.19. The van der Waals surface area contributed by atoms with Gasteiger partial charge in [-0.3, -0.25) is 9.69 Å². The summed E-state index contributed by atoms with van der Waals surface area (Å²) < 4.78 is 5.31. The molecule has 2 rings (SSSR count). The van der Waals surface area contributed by atoms with E-state index >= 15 is 0 Å². The van der Waals surface area contributed by atoms with Crippen molar-refractivity contribution >= 4 is 5.97 Å². The van der Waals surface area contributed by atoms with Crippen molar-refractivity contribution < 1.29 is 9.53 Å². The molecule has 4 unspecified atom stereocenters. The first-order chi connectivity index (χ1) is 10.2. The van der Waals surface area contributed by atoms with Crippen molar-refractivity contribution in [1.82, 2.24) is 4.90 Å². The molecule has 0 bridgehead atoms. The van der Waals surface area contributed by atoms with Gasteiger partial charge in [-0.25, -0.2) is 0 Å². The lowest BCUT2D eigenvalue weighted by Gasteiger charge is -2.46. The van der Waals surface area contributed by atoms with E-state index in [0.717, 1.165) is 31.8 Å². The summed E-state index contributed by atoms with van der Waals surface area (Å²) >= 11 is 0. The van der Waals surface area contributed by atoms with Gasteiger partial charge in [-0.05, 0) is 57.5 Å². The Morgan fingerprint density at radius 2 is 2.05 bits per heavy atom. The summed E-state index contributed by atoms with van der Waals surface area (Å²) in [5, 5.41) is 0. The van der Waals surface area contributed by atoms with Crippen LogP contribution < -0.4 is 5.73 Å². The Kier molecular flexibility index (Phi) is 6.49. The molecule has 1 saturated carbocycles. The minimum absolute atomic E-state index is 0.0217. The Bertz CT molecular complexity index is 335. The van der Waals surface area contributed by atoms with Gasteiger partial charge in [-0.2, -0.15) is 0 Å². The molecule has 0 radical (unpaired) electrons. The molecule has 2 N–H and O–H groups in total. The van der Waals surface area contributed by atoms with Crippen molar-refractivity contribution in [2.24, 2.45) is 17.6 Å². The van der Waals surface area contributed by atoms with Crippen LogP contribution in [0, 0.1) is 11.8 Å². The lowest BCUT2D eigenvalue weighted by Crippen LogP contribution is -2.55. The molecule has 122 valence electrons. The van der Waals surface area contributed by atoms with Gasteiger partial charge in [-0.1, -0.05) is 26.2 Å². The zero-order chi connectivity index (χ0) is 15.2. The number of likely N-dealkylation sites (tertiary alicyclic amines) is 1. The van der Waals surface area contributed by atoms with Crippen LogP contribution in [0.1, 0.15) is 58.8 Å². The minimum Gasteiger partial charge on any atom is -0.465 e. The summed E-state index contributed by atoms with van der Waals surface area (Å²) in [5.41, 5.74) is 6.02. The van der Waals surface area contributed by atoms with Crippen molar-refractivity contribution in [3.63, 3.8) is 0 Å². The van der Waals surface area contributed by atoms with Gasteiger partial charge in [0, 0.05) is 6.04 Å². The fraction of sp³-hybridized carbons (Fsp3) is 0.941. The number of rotatable bonds is 5. The van der Waals surface area contributed by atoms with E-state index in [-0.39, 0.29) is 12.0 Å². The molecule has 21 heavy (non-hydrogen) atoms. The lowest BCUT2D eigenvalue weighted by molar-refractivity contribution is -0.153. The standard InChI is InChI=1S/C17H32N2O2/c1-3-13-8-9-14(12-18)16(11-13)19-10-6-5-7-15(19)17(20)21-4-2/h13-16H,3-12,18H2,1-2H3. The molecule has 4 atom stereocenters. The normalized spacial score (nSPS) is 34.6. The van der Waals surface area contributed by atoms with Gasteiger partial charge < -0.3 is 10.5 Å². The van der Waals surface area contributed by atoms with Gasteiger partial charge >= 0.3 is 5.97 Å². The zero-order valence-corrected chi connectivity index (χ0v) is 13.7. The van der Waals surface area contributed by atoms with Crippen molar-refractivity contribution in [3.8, 4) is 0 Å². The predicted octanol–water partition coefficient (Wildman–Crippen LogP) is 2.56. The van der Waals surface area contributed by atoms with E-state index in [9.17, 15) is 4.79 Å². The van der Waals surface area contributed by atoms with E-state index in [2.05, 4.69) is 11.8 Å². The second-order valence-corrected chi connectivity index (χ2v) is 6.65. The van der Waals surface area contributed by atoms with Gasteiger partial charge in [0.15, 0.2) is 0 Å². The Morgan fingerprint density at radius 3 is 2.71 bits per heavy atom. The number of carbonyl (C=O) groups is 1. The van der Waals surface area contributed by atoms with Crippen LogP contribution in [0.25, 0.3) is 0 Å². The maximum atomic E-state index is 12.3. The third-order valence-electron chi connectivity index (χ3n) is 5.47. The van der Waals surface area contributed by atoms with Gasteiger partial charge in [-0.15, -0.1) is 0 Å². The van der Waals surface area contributed by atoms with Crippen molar-refractivity contribution in [2.45, 2.75) is 70.9 Å². The molecule has 4 heteroatoms. The zero-order valence-electron chi connectivity index (χ0n) is 13.7. The molecular weight excluding hydrogens is 264 g/mol. The largest absolute Gasteiger partial charge is 0.465 e. The molecule has 0 aromatic carbocycles. The third kappa shape index (κ3) is 3.98. The Hall–Kier alpha value is -0.610. The number of nitrogens with two attached hydrogens (primary N) is 1. The summed E-state index contributed by atoms with van der Waals surface area (Å²) in [5.74, 6) is 1.32. The Balaban J connectivity index is 2.11. The van der Waals surface area contributed by atoms with Crippen LogP contribution in [0.15, 0.2) is 0 Å². The van der Waals surface area contributed by atoms with Crippen LogP contribution >= 0.6 is 0 Å². The second-order valence-electron chi connectivity index (χ2n) is 6.65. The maximum absolute atomic E-state index is 12.3. The number of hydrogen-bond donors (Lipinski definition) is 1. The summed E-state index contributed by atoms with van der Waals surface area (Å²) in [7, 11) is 0. The number of nitrogens with zero attached hydrogens (tertiary/aromatic N) is 1. The second kappa shape index (κ2) is 8.14. The molecule has 1 saturated heterocycles. The van der Waals surface area contributed by atoms with Crippen LogP contribution in [0.5, 0.6) is 0 Å². The predicted molar refractivity (Wildman–Crippen MR) is 84.9 cm³/mol. The molecule has 0 spiro atoms. The summed E-state index contributed by atoms with van der Waals surface area (Å²) in [4.78, 5) is 14.7. The highest BCUT2D eigenvalue weighted by molar-refractivity contribution is 5.76. The average molecular weight is 296 g/mol. The maximum Gasteiger partial charge on any atom is 0.323 e. The van der Waals surface area contributed by atoms with Crippen molar-refractivity contribution in [2.75, 3.05) is 19.7 Å². The molecule has 1 heterocycles. The number of esters is 1. The molecule has 0 amide bonds. The van der Waals surface area contributed by atoms with Crippen LogP contribution in [-0.2, 0) is 9.53 Å². The topological polar surface area (TPSA) is 55.6 Å². The van der Waals surface area contributed by atoms with E-state index in [1.54, 1.807) is 0 Å². The highest BCUT2D eigenvalue weighted by Gasteiger charge is 2.40. The Morgan fingerprint density at radius 1 is 1.24 bits per heavy atom. The fourth-order valence-electron chi connectivity index (χ4n) is 4.19. The van der Waals surface area contributed by atoms with Crippen LogP contribution in [-0.4, -0.2) is 42.6 Å². The van der Waals surface area contributed by atoms with E-state index in [1.165, 1.54) is 32.1 Å². The number of ether oxygens (including phenoxy) is 1. The molecule has 2 aliphatic rings. The first-order valence-corrected chi connectivity index (χ1v) is 8.83. The van der Waals surface area contributed by atoms with Crippen LogP contribution in [0.2, 0.25) is 0 Å². The van der Waals surface area contributed by atoms with Gasteiger partial charge in [0.05, 0.1) is 6.61 Å². The monoisotopic (exact) mass is 296 g/mol. The Labute approximate surface area is 129 Å². The van der Waals surface area contributed by atoms with Gasteiger partial charge in [0.25, 0.3) is 0 Å². The highest BCUT2D eigenvalue weighted by Crippen LogP contribution is 2.36. The smallest absolute Gasteiger partial charge is 0.323 e. The average Bonchev–Trinajstić information content (AvgIpc) is 2.54. The minimum atomic E-state index is -0.0339. The molecule has 1 aliphatic carbocycles. The van der Waals surface area contributed by atoms with E-state index in [1.807, 2.05) is 6.92 Å². The third-order valence-corrected chi connectivity index (χ3v) is 5.47. The van der Waals surface area contributed by atoms with Crippen molar-refractivity contribution in [1.29, 1.82) is 0 Å². The summed E-state index contributed by atoms with van der Waals surface area (Å²) in [6.07, 6.45) is 8.24. The first-order valence-electron chi connectivity index (χ1n) is 8.83. The number of hydrogen-bond acceptors (Lipinski definition) is 4. The van der Waals surface area contributed by atoms with E-state index < -0.39 is 0 Å². The molecular formula is C17H32N2O2. The van der Waals surface area contributed by atoms with Gasteiger partial charge in [0.2, 0.25) is 0 Å².